The fourth-order valence-electron chi connectivity index (χ4n) is 0.655. The van der Waals surface area contributed by atoms with Gasteiger partial charge in [0.25, 0.3) is 0 Å². The molecule has 3 nitrogen and oxygen atoms in total. The smallest absolute Gasteiger partial charge is 0.190 e. The Bertz CT molecular complexity index is 186. The number of quaternary nitrogens is 1. The van der Waals surface area contributed by atoms with Gasteiger partial charge >= 0.3 is 0 Å². The Balaban J connectivity index is 2.59. The molecule has 0 spiro atoms. The van der Waals surface area contributed by atoms with Crippen molar-refractivity contribution < 1.29 is 10.1 Å². The first-order valence-electron chi connectivity index (χ1n) is 3.02. The molecule has 54 valence electrons. The van der Waals surface area contributed by atoms with Gasteiger partial charge in [0.15, 0.2) is 5.75 Å². The minimum atomic E-state index is -0.286. The largest absolute Gasteiger partial charge is 0.591 e. The number of rotatable bonds is 2. The second kappa shape index (κ2) is 3.20. The van der Waals surface area contributed by atoms with Crippen molar-refractivity contribution in [3.05, 3.63) is 35.5 Å². The summed E-state index contributed by atoms with van der Waals surface area (Å²) in [6.07, 6.45) is 0. The second-order valence-corrected chi connectivity index (χ2v) is 1.91. The van der Waals surface area contributed by atoms with Gasteiger partial charge in [0, 0.05) is 0 Å². The van der Waals surface area contributed by atoms with Crippen LogP contribution >= 0.6 is 0 Å². The van der Waals surface area contributed by atoms with E-state index in [1.54, 1.807) is 12.1 Å². The van der Waals surface area contributed by atoms with Crippen LogP contribution in [0, 0.1) is 5.21 Å². The van der Waals surface area contributed by atoms with Crippen LogP contribution in [0.2, 0.25) is 0 Å². The zero-order chi connectivity index (χ0) is 7.40. The number of hydrogen-bond donors (Lipinski definition) is 1. The molecule has 1 atom stereocenters. The van der Waals surface area contributed by atoms with Crippen LogP contribution in [-0.4, -0.2) is 7.05 Å². The maximum atomic E-state index is 10.4. The van der Waals surface area contributed by atoms with Gasteiger partial charge in [-0.3, -0.25) is 0 Å². The van der Waals surface area contributed by atoms with Crippen LogP contribution in [0.3, 0.4) is 0 Å². The normalized spacial score (nSPS) is 12.6. The molecule has 1 N–H and O–H groups in total. The van der Waals surface area contributed by atoms with Crippen LogP contribution in [0.4, 0.5) is 0 Å². The van der Waals surface area contributed by atoms with E-state index in [0.29, 0.717) is 5.75 Å². The summed E-state index contributed by atoms with van der Waals surface area (Å²) in [4.78, 5) is 4.78. The highest BCUT2D eigenvalue weighted by atomic mass is 16.9. The van der Waals surface area contributed by atoms with Crippen molar-refractivity contribution in [3.63, 3.8) is 0 Å². The quantitative estimate of drug-likeness (QED) is 0.585. The van der Waals surface area contributed by atoms with E-state index in [-0.39, 0.29) is 5.23 Å². The summed E-state index contributed by atoms with van der Waals surface area (Å²) in [5, 5.41) is 10.1. The number of para-hydroxylation sites is 1. The average molecular weight is 139 g/mol. The topological polar surface area (TPSA) is 36.7 Å². The van der Waals surface area contributed by atoms with E-state index < -0.39 is 0 Å². The Morgan fingerprint density at radius 2 is 1.90 bits per heavy atom. The molecule has 0 aliphatic rings. The Kier molecular flexibility index (Phi) is 2.25. The fourth-order valence-corrected chi connectivity index (χ4v) is 0.655. The predicted octanol–water partition coefficient (Wildman–Crippen LogP) is -0.00710. The first-order valence-corrected chi connectivity index (χ1v) is 3.02. The molecule has 1 aromatic rings. The van der Waals surface area contributed by atoms with E-state index in [2.05, 4.69) is 0 Å². The maximum Gasteiger partial charge on any atom is 0.190 e. The van der Waals surface area contributed by atoms with Gasteiger partial charge in [-0.05, 0) is 12.1 Å². The van der Waals surface area contributed by atoms with Gasteiger partial charge in [0.2, 0.25) is 0 Å². The molecule has 0 fully saturated rings. The van der Waals surface area contributed by atoms with Crippen LogP contribution in [0.25, 0.3) is 0 Å². The Morgan fingerprint density at radius 1 is 1.30 bits per heavy atom. The Labute approximate surface area is 59.4 Å². The molecule has 1 unspecified atom stereocenters. The number of hydrogen-bond acceptors (Lipinski definition) is 2. The molecule has 1 aromatic carbocycles. The molecule has 0 aliphatic heterocycles. The lowest BCUT2D eigenvalue weighted by molar-refractivity contribution is -1.00. The van der Waals surface area contributed by atoms with Gasteiger partial charge in [-0.25, -0.2) is 0 Å². The van der Waals surface area contributed by atoms with Gasteiger partial charge in [-0.15, -0.1) is 0 Å². The van der Waals surface area contributed by atoms with Crippen LogP contribution in [-0.2, 0) is 0 Å². The van der Waals surface area contributed by atoms with E-state index in [1.165, 1.54) is 7.05 Å². The minimum Gasteiger partial charge on any atom is -0.591 e. The van der Waals surface area contributed by atoms with E-state index in [9.17, 15) is 5.21 Å². The average Bonchev–Trinajstić information content (AvgIpc) is 1.88. The molecular formula is C7H9NO2. The van der Waals surface area contributed by atoms with Gasteiger partial charge in [-0.1, -0.05) is 18.2 Å². The van der Waals surface area contributed by atoms with E-state index in [0.717, 1.165) is 0 Å². The second-order valence-electron chi connectivity index (χ2n) is 1.91. The van der Waals surface area contributed by atoms with Gasteiger partial charge in [0.05, 0.1) is 0 Å². The predicted molar refractivity (Wildman–Crippen MR) is 37.3 cm³/mol. The Hall–Kier alpha value is -1.06. The van der Waals surface area contributed by atoms with Crippen molar-refractivity contribution in [2.24, 2.45) is 0 Å². The lowest BCUT2D eigenvalue weighted by Crippen LogP contribution is -3.05. The van der Waals surface area contributed by atoms with Crippen molar-refractivity contribution in [1.29, 1.82) is 0 Å². The van der Waals surface area contributed by atoms with Crippen molar-refractivity contribution in [2.75, 3.05) is 7.05 Å². The van der Waals surface area contributed by atoms with Crippen LogP contribution in [0.5, 0.6) is 5.75 Å². The standard InChI is InChI=1S/C7H9NO2/c1-8(9)10-7-5-3-2-4-6-7/h2-6,8H,1H3. The zero-order valence-corrected chi connectivity index (χ0v) is 5.70. The fraction of sp³-hybridized carbons (Fsp3) is 0.143. The first-order chi connectivity index (χ1) is 4.79. The molecule has 0 aromatic heterocycles. The highest BCUT2D eigenvalue weighted by Crippen LogP contribution is 2.04. The monoisotopic (exact) mass is 139 g/mol. The summed E-state index contributed by atoms with van der Waals surface area (Å²) in [7, 11) is 1.38. The molecule has 0 bridgehead atoms. The summed E-state index contributed by atoms with van der Waals surface area (Å²) >= 11 is 0. The summed E-state index contributed by atoms with van der Waals surface area (Å²) in [5.74, 6) is 0.593. The molecular weight excluding hydrogens is 130 g/mol. The van der Waals surface area contributed by atoms with E-state index in [1.807, 2.05) is 18.2 Å². The van der Waals surface area contributed by atoms with Crippen LogP contribution in [0.1, 0.15) is 0 Å². The molecule has 0 aliphatic carbocycles. The van der Waals surface area contributed by atoms with Crippen LogP contribution < -0.4 is 10.1 Å². The lowest BCUT2D eigenvalue weighted by atomic mass is 10.3. The molecule has 0 saturated heterocycles. The molecule has 0 heterocycles. The molecule has 0 radical (unpaired) electrons. The van der Waals surface area contributed by atoms with Crippen molar-refractivity contribution >= 4 is 0 Å². The van der Waals surface area contributed by atoms with Crippen molar-refractivity contribution in [1.82, 2.24) is 0 Å². The highest BCUT2D eigenvalue weighted by Gasteiger charge is 1.91. The molecule has 0 saturated carbocycles. The summed E-state index contributed by atoms with van der Waals surface area (Å²) in [5.41, 5.74) is 0. The van der Waals surface area contributed by atoms with Crippen molar-refractivity contribution in [2.45, 2.75) is 0 Å². The highest BCUT2D eigenvalue weighted by molar-refractivity contribution is 5.19. The van der Waals surface area contributed by atoms with E-state index in [4.69, 9.17) is 4.84 Å². The Morgan fingerprint density at radius 3 is 2.40 bits per heavy atom. The summed E-state index contributed by atoms with van der Waals surface area (Å²) in [6, 6.07) is 8.98. The number of hydroxylamine groups is 2. The third-order valence-corrected chi connectivity index (χ3v) is 1.00. The van der Waals surface area contributed by atoms with Crippen molar-refractivity contribution in [3.8, 4) is 5.75 Å². The van der Waals surface area contributed by atoms with Gasteiger partial charge in [-0.2, -0.15) is 5.23 Å². The number of benzene rings is 1. The molecule has 10 heavy (non-hydrogen) atoms. The third-order valence-electron chi connectivity index (χ3n) is 1.00. The lowest BCUT2D eigenvalue weighted by Gasteiger charge is -2.13. The van der Waals surface area contributed by atoms with Crippen LogP contribution in [0.15, 0.2) is 30.3 Å². The third kappa shape index (κ3) is 2.05. The maximum absolute atomic E-state index is 10.4. The molecule has 0 amide bonds. The minimum absolute atomic E-state index is 0.286. The first kappa shape index (κ1) is 7.05. The summed E-state index contributed by atoms with van der Waals surface area (Å²) in [6.45, 7) is 0. The molecule has 3 heteroatoms. The SMILES string of the molecule is C[NH+]([O-])Oc1ccccc1. The molecule has 1 rings (SSSR count). The van der Waals surface area contributed by atoms with Gasteiger partial charge < -0.3 is 10.0 Å². The van der Waals surface area contributed by atoms with Gasteiger partial charge in [0.1, 0.15) is 7.05 Å². The summed E-state index contributed by atoms with van der Waals surface area (Å²) < 4.78 is 0. The van der Waals surface area contributed by atoms with E-state index >= 15 is 0 Å². The zero-order valence-electron chi connectivity index (χ0n) is 5.70. The number of nitrogens with one attached hydrogen (secondary N) is 1.